The van der Waals surface area contributed by atoms with Crippen molar-refractivity contribution in [3.63, 3.8) is 0 Å². The number of hydrogen-bond acceptors (Lipinski definition) is 3. The fourth-order valence-electron chi connectivity index (χ4n) is 2.89. The Hall–Kier alpha value is -2.52. The Labute approximate surface area is 130 Å². The molecule has 3 aromatic carbocycles. The van der Waals surface area contributed by atoms with Crippen molar-refractivity contribution in [1.29, 1.82) is 0 Å². The van der Waals surface area contributed by atoms with Crippen LogP contribution in [0.4, 0.5) is 5.69 Å². The van der Waals surface area contributed by atoms with Gasteiger partial charge in [0.05, 0.1) is 7.11 Å². The van der Waals surface area contributed by atoms with E-state index < -0.39 is 0 Å². The Kier molecular flexibility index (Phi) is 3.73. The average molecular weight is 292 g/mol. The Morgan fingerprint density at radius 3 is 2.41 bits per heavy atom. The van der Waals surface area contributed by atoms with Crippen LogP contribution in [0.3, 0.4) is 0 Å². The van der Waals surface area contributed by atoms with Crippen LogP contribution in [-0.2, 0) is 6.54 Å². The van der Waals surface area contributed by atoms with Crippen LogP contribution in [0.25, 0.3) is 21.9 Å². The van der Waals surface area contributed by atoms with E-state index in [-0.39, 0.29) is 0 Å². The normalized spacial score (nSPS) is 10.9. The molecule has 0 aromatic heterocycles. The van der Waals surface area contributed by atoms with Gasteiger partial charge in [0.15, 0.2) is 0 Å². The quantitative estimate of drug-likeness (QED) is 0.720. The summed E-state index contributed by atoms with van der Waals surface area (Å²) in [6, 6.07) is 16.6. The van der Waals surface area contributed by atoms with Crippen LogP contribution in [0, 0.1) is 6.92 Å². The first-order valence-corrected chi connectivity index (χ1v) is 7.29. The zero-order valence-electron chi connectivity index (χ0n) is 12.9. The molecule has 3 rings (SSSR count). The molecule has 22 heavy (non-hydrogen) atoms. The van der Waals surface area contributed by atoms with Crippen LogP contribution in [0.15, 0.2) is 48.5 Å². The van der Waals surface area contributed by atoms with Crippen molar-refractivity contribution >= 4 is 16.5 Å². The van der Waals surface area contributed by atoms with Gasteiger partial charge in [-0.05, 0) is 64.7 Å². The van der Waals surface area contributed by atoms with Crippen molar-refractivity contribution in [1.82, 2.24) is 0 Å². The summed E-state index contributed by atoms with van der Waals surface area (Å²) in [6.45, 7) is 2.54. The topological polar surface area (TPSA) is 61.3 Å². The molecule has 0 heterocycles. The van der Waals surface area contributed by atoms with Crippen LogP contribution in [0.5, 0.6) is 5.75 Å². The molecule has 0 amide bonds. The molecule has 0 saturated heterocycles. The average Bonchev–Trinajstić information content (AvgIpc) is 2.53. The highest BCUT2D eigenvalue weighted by atomic mass is 16.5. The summed E-state index contributed by atoms with van der Waals surface area (Å²) in [5, 5.41) is 2.38. The summed E-state index contributed by atoms with van der Waals surface area (Å²) >= 11 is 0. The highest BCUT2D eigenvalue weighted by Crippen LogP contribution is 2.30. The number of ether oxygens (including phenoxy) is 1. The van der Waals surface area contributed by atoms with Gasteiger partial charge in [0.25, 0.3) is 0 Å². The smallest absolute Gasteiger partial charge is 0.123 e. The summed E-state index contributed by atoms with van der Waals surface area (Å²) in [5.74, 6) is 0.826. The van der Waals surface area contributed by atoms with Crippen LogP contribution >= 0.6 is 0 Å². The maximum atomic E-state index is 5.96. The Morgan fingerprint density at radius 2 is 1.68 bits per heavy atom. The Balaban J connectivity index is 2.14. The molecule has 0 unspecified atom stereocenters. The fourth-order valence-corrected chi connectivity index (χ4v) is 2.89. The first kappa shape index (κ1) is 14.4. The predicted octanol–water partition coefficient (Wildman–Crippen LogP) is 3.86. The minimum Gasteiger partial charge on any atom is -0.496 e. The highest BCUT2D eigenvalue weighted by molar-refractivity contribution is 5.92. The van der Waals surface area contributed by atoms with Crippen molar-refractivity contribution in [3.8, 4) is 16.9 Å². The molecule has 0 aliphatic heterocycles. The maximum Gasteiger partial charge on any atom is 0.123 e. The first-order valence-electron chi connectivity index (χ1n) is 7.29. The third-order valence-electron chi connectivity index (χ3n) is 4.02. The van der Waals surface area contributed by atoms with E-state index >= 15 is 0 Å². The molecule has 0 aliphatic carbocycles. The van der Waals surface area contributed by atoms with Crippen molar-refractivity contribution in [2.75, 3.05) is 12.8 Å². The number of methoxy groups -OCH3 is 1. The third-order valence-corrected chi connectivity index (χ3v) is 4.02. The predicted molar refractivity (Wildman–Crippen MR) is 93.0 cm³/mol. The molecule has 0 fully saturated rings. The highest BCUT2D eigenvalue weighted by Gasteiger charge is 2.06. The van der Waals surface area contributed by atoms with Gasteiger partial charge >= 0.3 is 0 Å². The number of fused-ring (bicyclic) bond motifs is 1. The van der Waals surface area contributed by atoms with Gasteiger partial charge in [0.1, 0.15) is 5.75 Å². The summed E-state index contributed by atoms with van der Waals surface area (Å²) in [5.41, 5.74) is 17.0. The molecule has 3 nitrogen and oxygen atoms in total. The molecule has 3 aromatic rings. The summed E-state index contributed by atoms with van der Waals surface area (Å²) in [6.07, 6.45) is 0. The Morgan fingerprint density at radius 1 is 0.955 bits per heavy atom. The van der Waals surface area contributed by atoms with Gasteiger partial charge in [-0.1, -0.05) is 18.2 Å². The van der Waals surface area contributed by atoms with Crippen LogP contribution in [-0.4, -0.2) is 7.11 Å². The van der Waals surface area contributed by atoms with E-state index in [2.05, 4.69) is 37.3 Å². The SMILES string of the molecule is COc1ccc(-c2ccc3c(C)cc(N)cc3c2)cc1CN. The molecule has 0 radical (unpaired) electrons. The van der Waals surface area contributed by atoms with Crippen LogP contribution in [0.1, 0.15) is 11.1 Å². The van der Waals surface area contributed by atoms with E-state index in [0.717, 1.165) is 33.5 Å². The minimum absolute atomic E-state index is 0.455. The number of nitrogen functional groups attached to an aromatic ring is 1. The number of hydrogen-bond donors (Lipinski definition) is 2. The second kappa shape index (κ2) is 5.70. The van der Waals surface area contributed by atoms with E-state index in [1.54, 1.807) is 7.11 Å². The molecule has 112 valence electrons. The van der Waals surface area contributed by atoms with Gasteiger partial charge < -0.3 is 16.2 Å². The van der Waals surface area contributed by atoms with Crippen molar-refractivity contribution in [2.24, 2.45) is 5.73 Å². The number of nitrogens with two attached hydrogens (primary N) is 2. The van der Waals surface area contributed by atoms with E-state index in [0.29, 0.717) is 6.54 Å². The number of benzene rings is 3. The van der Waals surface area contributed by atoms with Crippen molar-refractivity contribution < 1.29 is 4.74 Å². The number of aryl methyl sites for hydroxylation is 1. The summed E-state index contributed by atoms with van der Waals surface area (Å²) in [7, 11) is 1.66. The van der Waals surface area contributed by atoms with Gasteiger partial charge in [-0.3, -0.25) is 0 Å². The van der Waals surface area contributed by atoms with Gasteiger partial charge in [0, 0.05) is 17.8 Å². The zero-order valence-corrected chi connectivity index (χ0v) is 12.9. The lowest BCUT2D eigenvalue weighted by molar-refractivity contribution is 0.410. The molecule has 0 spiro atoms. The van der Waals surface area contributed by atoms with Gasteiger partial charge in [-0.25, -0.2) is 0 Å². The molecule has 0 saturated carbocycles. The Bertz CT molecular complexity index is 840. The maximum absolute atomic E-state index is 5.96. The fraction of sp³-hybridized carbons (Fsp3) is 0.158. The second-order valence-corrected chi connectivity index (χ2v) is 5.50. The van der Waals surface area contributed by atoms with Gasteiger partial charge in [-0.2, -0.15) is 0 Å². The molecule has 0 atom stereocenters. The van der Waals surface area contributed by atoms with E-state index in [1.807, 2.05) is 18.2 Å². The second-order valence-electron chi connectivity index (χ2n) is 5.50. The van der Waals surface area contributed by atoms with E-state index in [9.17, 15) is 0 Å². The third kappa shape index (κ3) is 2.51. The lowest BCUT2D eigenvalue weighted by Crippen LogP contribution is -2.00. The summed E-state index contributed by atoms with van der Waals surface area (Å²) < 4.78 is 5.33. The molecule has 3 heteroatoms. The zero-order chi connectivity index (χ0) is 15.7. The van der Waals surface area contributed by atoms with Gasteiger partial charge in [-0.15, -0.1) is 0 Å². The molecular formula is C19H20N2O. The van der Waals surface area contributed by atoms with Crippen LogP contribution < -0.4 is 16.2 Å². The number of anilines is 1. The molecule has 4 N–H and O–H groups in total. The van der Waals surface area contributed by atoms with E-state index in [1.165, 1.54) is 10.9 Å². The largest absolute Gasteiger partial charge is 0.496 e. The van der Waals surface area contributed by atoms with E-state index in [4.69, 9.17) is 16.2 Å². The lowest BCUT2D eigenvalue weighted by Gasteiger charge is -2.11. The molecular weight excluding hydrogens is 272 g/mol. The molecule has 0 aliphatic rings. The minimum atomic E-state index is 0.455. The van der Waals surface area contributed by atoms with Crippen LogP contribution in [0.2, 0.25) is 0 Å². The van der Waals surface area contributed by atoms with Gasteiger partial charge in [0.2, 0.25) is 0 Å². The van der Waals surface area contributed by atoms with Crippen molar-refractivity contribution in [2.45, 2.75) is 13.5 Å². The van der Waals surface area contributed by atoms with Crippen molar-refractivity contribution in [3.05, 3.63) is 59.7 Å². The lowest BCUT2D eigenvalue weighted by atomic mass is 9.97. The standard InChI is InChI=1S/C19H20N2O/c1-12-7-17(21)10-15-8-13(3-5-18(12)15)14-4-6-19(22-2)16(9-14)11-20/h3-10H,11,20-21H2,1-2H3. The first-order chi connectivity index (χ1) is 10.6. The monoisotopic (exact) mass is 292 g/mol. The number of rotatable bonds is 3. The molecule has 0 bridgehead atoms. The summed E-state index contributed by atoms with van der Waals surface area (Å²) in [4.78, 5) is 0.